The Kier molecular flexibility index (Phi) is 6.67. The zero-order chi connectivity index (χ0) is 26.5. The minimum absolute atomic E-state index is 0.0901. The third kappa shape index (κ3) is 5.44. The predicted octanol–water partition coefficient (Wildman–Crippen LogP) is 2.77. The van der Waals surface area contributed by atoms with Crippen molar-refractivity contribution in [3.8, 4) is 11.4 Å². The molecule has 0 bridgehead atoms. The van der Waals surface area contributed by atoms with Gasteiger partial charge >= 0.3 is 0 Å². The maximum Gasteiger partial charge on any atom is 0.262 e. The van der Waals surface area contributed by atoms with Crippen molar-refractivity contribution in [1.82, 2.24) is 25.1 Å². The van der Waals surface area contributed by atoms with Crippen molar-refractivity contribution in [1.29, 1.82) is 0 Å². The fourth-order valence-electron chi connectivity index (χ4n) is 4.91. The van der Waals surface area contributed by atoms with Crippen LogP contribution in [0.2, 0.25) is 5.02 Å². The Labute approximate surface area is 216 Å². The summed E-state index contributed by atoms with van der Waals surface area (Å²) in [4.78, 5) is 4.12. The first-order valence-electron chi connectivity index (χ1n) is 11.6. The van der Waals surface area contributed by atoms with Crippen molar-refractivity contribution < 1.29 is 21.6 Å². The molecule has 0 saturated carbocycles. The number of aromatic nitrogens is 4. The van der Waals surface area contributed by atoms with E-state index in [4.69, 9.17) is 17.3 Å². The second-order valence-electron chi connectivity index (χ2n) is 9.69. The van der Waals surface area contributed by atoms with Gasteiger partial charge < -0.3 is 10.6 Å². The molecule has 2 aromatic carbocycles. The van der Waals surface area contributed by atoms with E-state index >= 15 is 4.39 Å². The number of likely N-dealkylation sites (tertiary alicyclic amines) is 1. The predicted molar refractivity (Wildman–Crippen MR) is 132 cm³/mol. The molecular formula is C23H25ClF3N7O2S. The second-order valence-corrected chi connectivity index (χ2v) is 12.1. The van der Waals surface area contributed by atoms with Crippen LogP contribution >= 0.6 is 11.6 Å². The van der Waals surface area contributed by atoms with E-state index in [2.05, 4.69) is 15.4 Å². The lowest BCUT2D eigenvalue weighted by atomic mass is 10.0. The van der Waals surface area contributed by atoms with E-state index in [1.165, 1.54) is 11.0 Å². The van der Waals surface area contributed by atoms with Gasteiger partial charge in [0.25, 0.3) is 5.92 Å². The molecule has 1 saturated heterocycles. The third-order valence-electron chi connectivity index (χ3n) is 6.45. The van der Waals surface area contributed by atoms with Gasteiger partial charge in [-0.05, 0) is 42.1 Å². The number of nitrogens with zero attached hydrogens (tertiary/aromatic N) is 6. The van der Waals surface area contributed by atoms with Crippen LogP contribution in [0.5, 0.6) is 0 Å². The Balaban J connectivity index is 1.54. The number of sulfone groups is 1. The molecule has 5 rings (SSSR count). The molecule has 0 aliphatic carbocycles. The summed E-state index contributed by atoms with van der Waals surface area (Å²) in [7, 11) is -2.32. The molecule has 1 unspecified atom stereocenters. The number of tetrazole rings is 1. The molecule has 2 aliphatic rings. The number of likely N-dealkylation sites (N-methyl/N-ethyl adjacent to an activating group) is 1. The number of hydrogen-bond donors (Lipinski definition) is 1. The van der Waals surface area contributed by atoms with E-state index in [1.807, 2.05) is 12.1 Å². The summed E-state index contributed by atoms with van der Waals surface area (Å²) in [5.74, 6) is -4.26. The Morgan fingerprint density at radius 2 is 1.92 bits per heavy atom. The molecule has 3 heterocycles. The number of piperidine rings is 1. The van der Waals surface area contributed by atoms with Crippen LogP contribution in [0.25, 0.3) is 11.4 Å². The summed E-state index contributed by atoms with van der Waals surface area (Å²) in [5, 5.41) is 12.6. The molecule has 198 valence electrons. The molecular weight excluding hydrogens is 531 g/mol. The highest BCUT2D eigenvalue weighted by Gasteiger charge is 2.41. The number of rotatable bonds is 4. The average Bonchev–Trinajstić information content (AvgIpc) is 3.25. The normalized spacial score (nSPS) is 23.5. The highest BCUT2D eigenvalue weighted by molar-refractivity contribution is 7.91. The fraction of sp³-hybridized carbons (Fsp3) is 0.435. The number of nitrogens with two attached hydrogens (primary N) is 1. The zero-order valence-corrected chi connectivity index (χ0v) is 21.4. The molecule has 1 aromatic heterocycles. The van der Waals surface area contributed by atoms with Crippen molar-refractivity contribution in [3.63, 3.8) is 0 Å². The standard InChI is InChI=1S/C23H25ClF3N7O2S/c1-32-11-17(8-23(26,27)13-32)34-30-22(29-31-34)18-6-20-21(7-19(18)25)37(35,36)12-16(28)10-33(20)9-14-2-4-15(24)5-3-14/h2-7,16-17H,8-13,28H2,1H3/t16-,17?/m1/s1. The Bertz CT molecular complexity index is 1420. The lowest BCUT2D eigenvalue weighted by Crippen LogP contribution is -2.46. The van der Waals surface area contributed by atoms with E-state index in [-0.39, 0.29) is 47.4 Å². The van der Waals surface area contributed by atoms with E-state index in [0.29, 0.717) is 11.6 Å². The molecule has 0 radical (unpaired) electrons. The second kappa shape index (κ2) is 9.53. The van der Waals surface area contributed by atoms with Crippen LogP contribution in [-0.4, -0.2) is 77.9 Å². The van der Waals surface area contributed by atoms with Crippen LogP contribution in [0.4, 0.5) is 18.9 Å². The Hall–Kier alpha value is -2.74. The van der Waals surface area contributed by atoms with E-state index in [1.54, 1.807) is 24.1 Å². The molecule has 2 atom stereocenters. The molecule has 14 heteroatoms. The first-order valence-corrected chi connectivity index (χ1v) is 13.6. The minimum atomic E-state index is -3.89. The quantitative estimate of drug-likeness (QED) is 0.523. The summed E-state index contributed by atoms with van der Waals surface area (Å²) < 4.78 is 69.5. The summed E-state index contributed by atoms with van der Waals surface area (Å²) >= 11 is 5.99. The van der Waals surface area contributed by atoms with Crippen LogP contribution in [-0.2, 0) is 16.4 Å². The minimum Gasteiger partial charge on any atom is -0.365 e. The molecule has 9 nitrogen and oxygen atoms in total. The molecule has 2 N–H and O–H groups in total. The van der Waals surface area contributed by atoms with E-state index < -0.39 is 40.1 Å². The average molecular weight is 556 g/mol. The molecule has 2 aliphatic heterocycles. The summed E-state index contributed by atoms with van der Waals surface area (Å²) in [6.45, 7) is 0.402. The van der Waals surface area contributed by atoms with Crippen LogP contribution in [0.3, 0.4) is 0 Å². The van der Waals surface area contributed by atoms with Gasteiger partial charge in [-0.2, -0.15) is 4.80 Å². The van der Waals surface area contributed by atoms with Gasteiger partial charge in [-0.25, -0.2) is 21.6 Å². The van der Waals surface area contributed by atoms with Crippen LogP contribution in [0.15, 0.2) is 41.3 Å². The first kappa shape index (κ1) is 25.9. The molecule has 1 fully saturated rings. The SMILES string of the molecule is CN1CC(n2nnc(-c3cc4c(cc3F)S(=O)(=O)C[C@H](N)CN4Cc3ccc(Cl)cc3)n2)CC(F)(F)C1. The maximum atomic E-state index is 15.3. The number of anilines is 1. The van der Waals surface area contributed by atoms with Gasteiger partial charge in [0.15, 0.2) is 9.84 Å². The van der Waals surface area contributed by atoms with Crippen molar-refractivity contribution in [2.24, 2.45) is 5.73 Å². The van der Waals surface area contributed by atoms with E-state index in [0.717, 1.165) is 16.4 Å². The van der Waals surface area contributed by atoms with Gasteiger partial charge in [0.05, 0.1) is 34.5 Å². The highest BCUT2D eigenvalue weighted by Crippen LogP contribution is 2.37. The van der Waals surface area contributed by atoms with Gasteiger partial charge in [0.1, 0.15) is 5.82 Å². The monoisotopic (exact) mass is 555 g/mol. The number of hydrogen-bond acceptors (Lipinski definition) is 8. The molecule has 3 aromatic rings. The molecule has 0 spiro atoms. The van der Waals surface area contributed by atoms with Gasteiger partial charge in [-0.1, -0.05) is 23.7 Å². The van der Waals surface area contributed by atoms with Crippen molar-refractivity contribution in [2.45, 2.75) is 35.9 Å². The van der Waals surface area contributed by atoms with Crippen LogP contribution < -0.4 is 10.6 Å². The van der Waals surface area contributed by atoms with Gasteiger partial charge in [0, 0.05) is 37.1 Å². The van der Waals surface area contributed by atoms with Crippen molar-refractivity contribution >= 4 is 27.1 Å². The summed E-state index contributed by atoms with van der Waals surface area (Å²) in [5.41, 5.74) is 7.13. The van der Waals surface area contributed by atoms with Gasteiger partial charge in [0.2, 0.25) is 5.82 Å². The Morgan fingerprint density at radius 3 is 2.62 bits per heavy atom. The van der Waals surface area contributed by atoms with Crippen LogP contribution in [0, 0.1) is 5.82 Å². The van der Waals surface area contributed by atoms with Crippen molar-refractivity contribution in [2.75, 3.05) is 37.3 Å². The topological polar surface area (TPSA) is 110 Å². The third-order valence-corrected chi connectivity index (χ3v) is 8.57. The molecule has 37 heavy (non-hydrogen) atoms. The zero-order valence-electron chi connectivity index (χ0n) is 19.9. The first-order chi connectivity index (χ1) is 17.4. The lowest BCUT2D eigenvalue weighted by Gasteiger charge is -2.34. The maximum absolute atomic E-state index is 15.3. The van der Waals surface area contributed by atoms with Gasteiger partial charge in [-0.3, -0.25) is 4.90 Å². The largest absolute Gasteiger partial charge is 0.365 e. The number of halogens is 4. The number of benzene rings is 2. The Morgan fingerprint density at radius 1 is 1.19 bits per heavy atom. The lowest BCUT2D eigenvalue weighted by molar-refractivity contribution is -0.0783. The van der Waals surface area contributed by atoms with E-state index in [9.17, 15) is 17.2 Å². The fourth-order valence-corrected chi connectivity index (χ4v) is 6.68. The van der Waals surface area contributed by atoms with Crippen LogP contribution in [0.1, 0.15) is 18.0 Å². The smallest absolute Gasteiger partial charge is 0.262 e. The number of fused-ring (bicyclic) bond motifs is 1. The highest BCUT2D eigenvalue weighted by atomic mass is 35.5. The van der Waals surface area contributed by atoms with Gasteiger partial charge in [-0.15, -0.1) is 10.2 Å². The number of alkyl halides is 2. The summed E-state index contributed by atoms with van der Waals surface area (Å²) in [6, 6.07) is 7.89. The van der Waals surface area contributed by atoms with Crippen molar-refractivity contribution in [3.05, 3.63) is 52.8 Å². The summed E-state index contributed by atoms with van der Waals surface area (Å²) in [6.07, 6.45) is -0.467. The molecule has 0 amide bonds.